The molecule has 108 valence electrons. The molecule has 1 atom stereocenters. The van der Waals surface area contributed by atoms with E-state index >= 15 is 0 Å². The normalized spacial score (nSPS) is 13.2. The van der Waals surface area contributed by atoms with Crippen LogP contribution in [-0.4, -0.2) is 14.4 Å². The molecular weight excluding hydrogens is 260 g/mol. The van der Waals surface area contributed by atoms with Crippen molar-refractivity contribution in [2.75, 3.05) is 0 Å². The first kappa shape index (κ1) is 16.8. The van der Waals surface area contributed by atoms with Gasteiger partial charge in [-0.2, -0.15) is 0 Å². The highest BCUT2D eigenvalue weighted by Crippen LogP contribution is 2.30. The van der Waals surface area contributed by atoms with E-state index < -0.39 is 8.32 Å². The Bertz CT molecular complexity index is 486. The Hall–Kier alpha value is -1.30. The largest absolute Gasteiger partial charge is 0.411 e. The van der Waals surface area contributed by atoms with Crippen molar-refractivity contribution in [2.24, 2.45) is 5.41 Å². The van der Waals surface area contributed by atoms with Gasteiger partial charge in [-0.15, -0.1) is 6.58 Å². The molecule has 0 aliphatic heterocycles. The van der Waals surface area contributed by atoms with Crippen molar-refractivity contribution < 1.29 is 4.43 Å². The van der Waals surface area contributed by atoms with Gasteiger partial charge in [0.1, 0.15) is 0 Å². The maximum absolute atomic E-state index is 6.21. The topological polar surface area (TPSA) is 9.23 Å². The van der Waals surface area contributed by atoms with Gasteiger partial charge in [-0.3, -0.25) is 0 Å². The fraction of sp³-hybridized carbons (Fsp3) is 0.444. The van der Waals surface area contributed by atoms with Crippen molar-refractivity contribution >= 4 is 8.32 Å². The van der Waals surface area contributed by atoms with Gasteiger partial charge in [-0.25, -0.2) is 0 Å². The lowest BCUT2D eigenvalue weighted by molar-refractivity contribution is 0.111. The molecule has 0 amide bonds. The van der Waals surface area contributed by atoms with Crippen molar-refractivity contribution in [2.45, 2.75) is 46.0 Å². The van der Waals surface area contributed by atoms with Crippen molar-refractivity contribution in [3.63, 3.8) is 0 Å². The zero-order valence-corrected chi connectivity index (χ0v) is 14.4. The van der Waals surface area contributed by atoms with E-state index in [1.807, 2.05) is 36.4 Å². The van der Waals surface area contributed by atoms with E-state index in [0.717, 1.165) is 12.0 Å². The highest BCUT2D eigenvalue weighted by Gasteiger charge is 2.31. The van der Waals surface area contributed by atoms with Gasteiger partial charge in [0.25, 0.3) is 0 Å². The van der Waals surface area contributed by atoms with Crippen LogP contribution in [0.4, 0.5) is 0 Å². The summed E-state index contributed by atoms with van der Waals surface area (Å²) in [4.78, 5) is 0. The Kier molecular flexibility index (Phi) is 5.80. The lowest BCUT2D eigenvalue weighted by Gasteiger charge is -2.35. The molecule has 0 fully saturated rings. The molecule has 1 aromatic rings. The van der Waals surface area contributed by atoms with Gasteiger partial charge in [0, 0.05) is 17.4 Å². The molecule has 0 N–H and O–H groups in total. The van der Waals surface area contributed by atoms with Crippen LogP contribution in [0.2, 0.25) is 19.6 Å². The van der Waals surface area contributed by atoms with Crippen molar-refractivity contribution in [1.29, 1.82) is 0 Å². The van der Waals surface area contributed by atoms with E-state index in [2.05, 4.69) is 51.9 Å². The van der Waals surface area contributed by atoms with Gasteiger partial charge >= 0.3 is 0 Å². The summed E-state index contributed by atoms with van der Waals surface area (Å²) < 4.78 is 6.21. The molecule has 0 aromatic heterocycles. The van der Waals surface area contributed by atoms with Crippen LogP contribution >= 0.6 is 0 Å². The maximum Gasteiger partial charge on any atom is 0.184 e. The zero-order valence-electron chi connectivity index (χ0n) is 13.4. The second kappa shape index (κ2) is 6.92. The molecule has 0 radical (unpaired) electrons. The van der Waals surface area contributed by atoms with Crippen LogP contribution in [0.15, 0.2) is 43.0 Å². The van der Waals surface area contributed by atoms with Crippen LogP contribution < -0.4 is 0 Å². The average molecular weight is 286 g/mol. The molecule has 0 spiro atoms. The summed E-state index contributed by atoms with van der Waals surface area (Å²) in [7, 11) is -1.57. The number of hydrogen-bond acceptors (Lipinski definition) is 1. The molecule has 0 saturated carbocycles. The SMILES string of the molecule is C=CC(O[Si](C)(C)C)C(C)(C)CC#Cc1ccccc1. The first-order valence-corrected chi connectivity index (χ1v) is 10.5. The average Bonchev–Trinajstić information content (AvgIpc) is 2.36. The number of benzene rings is 1. The molecular formula is C18H26OSi. The lowest BCUT2D eigenvalue weighted by atomic mass is 9.83. The van der Waals surface area contributed by atoms with E-state index in [1.165, 1.54) is 0 Å². The summed E-state index contributed by atoms with van der Waals surface area (Å²) in [6.07, 6.45) is 2.77. The Morgan fingerprint density at radius 1 is 1.25 bits per heavy atom. The van der Waals surface area contributed by atoms with Crippen LogP contribution in [0, 0.1) is 17.3 Å². The molecule has 1 aromatic carbocycles. The van der Waals surface area contributed by atoms with Gasteiger partial charge in [0.05, 0.1) is 6.10 Å². The molecule has 1 unspecified atom stereocenters. The van der Waals surface area contributed by atoms with E-state index in [4.69, 9.17) is 4.43 Å². The minimum absolute atomic E-state index is 0.0240. The molecule has 0 heterocycles. The van der Waals surface area contributed by atoms with E-state index in [1.54, 1.807) is 0 Å². The molecule has 0 bridgehead atoms. The molecule has 0 aliphatic carbocycles. The molecule has 0 saturated heterocycles. The zero-order chi connectivity index (χ0) is 15.2. The number of rotatable bonds is 5. The third-order valence-corrected chi connectivity index (χ3v) is 3.98. The van der Waals surface area contributed by atoms with Crippen LogP contribution in [0.1, 0.15) is 25.8 Å². The van der Waals surface area contributed by atoms with Crippen LogP contribution in [0.25, 0.3) is 0 Å². The quantitative estimate of drug-likeness (QED) is 0.427. The summed E-state index contributed by atoms with van der Waals surface area (Å²) in [6, 6.07) is 10.1. The number of hydrogen-bond donors (Lipinski definition) is 0. The molecule has 1 rings (SSSR count). The fourth-order valence-electron chi connectivity index (χ4n) is 1.90. The Morgan fingerprint density at radius 2 is 1.85 bits per heavy atom. The second-order valence-corrected chi connectivity index (χ2v) is 11.2. The third kappa shape index (κ3) is 5.77. The standard InChI is InChI=1S/C18H26OSi/c1-7-17(19-20(4,5)6)18(2,3)15-11-14-16-12-9-8-10-13-16/h7-10,12-13,17H,1,15H2,2-6H3. The molecule has 20 heavy (non-hydrogen) atoms. The second-order valence-electron chi connectivity index (χ2n) is 6.72. The van der Waals surface area contributed by atoms with E-state index in [0.29, 0.717) is 0 Å². The minimum atomic E-state index is -1.57. The van der Waals surface area contributed by atoms with Crippen molar-refractivity contribution in [1.82, 2.24) is 0 Å². The van der Waals surface area contributed by atoms with Gasteiger partial charge < -0.3 is 4.43 Å². The summed E-state index contributed by atoms with van der Waals surface area (Å²) in [5.74, 6) is 6.49. The van der Waals surface area contributed by atoms with Gasteiger partial charge in [-0.1, -0.05) is 50.0 Å². The van der Waals surface area contributed by atoms with Crippen LogP contribution in [-0.2, 0) is 4.43 Å². The highest BCUT2D eigenvalue weighted by molar-refractivity contribution is 6.69. The molecule has 2 heteroatoms. The smallest absolute Gasteiger partial charge is 0.184 e. The van der Waals surface area contributed by atoms with Gasteiger partial charge in [0.2, 0.25) is 0 Å². The summed E-state index contributed by atoms with van der Waals surface area (Å²) >= 11 is 0. The van der Waals surface area contributed by atoms with Crippen LogP contribution in [0.3, 0.4) is 0 Å². The maximum atomic E-state index is 6.21. The van der Waals surface area contributed by atoms with Crippen molar-refractivity contribution in [3.8, 4) is 11.8 Å². The summed E-state index contributed by atoms with van der Waals surface area (Å²) in [5, 5.41) is 0. The highest BCUT2D eigenvalue weighted by atomic mass is 28.4. The summed E-state index contributed by atoms with van der Waals surface area (Å²) in [5.41, 5.74) is 1.04. The van der Waals surface area contributed by atoms with Gasteiger partial charge in [0.15, 0.2) is 8.32 Å². The van der Waals surface area contributed by atoms with Crippen LogP contribution in [0.5, 0.6) is 0 Å². The predicted octanol–water partition coefficient (Wildman–Crippen LogP) is 4.86. The monoisotopic (exact) mass is 286 g/mol. The van der Waals surface area contributed by atoms with Crippen molar-refractivity contribution in [3.05, 3.63) is 48.6 Å². The first-order valence-electron chi connectivity index (χ1n) is 7.09. The minimum Gasteiger partial charge on any atom is -0.411 e. The van der Waals surface area contributed by atoms with E-state index in [9.17, 15) is 0 Å². The first-order chi connectivity index (χ1) is 9.24. The molecule has 0 aliphatic rings. The fourth-order valence-corrected chi connectivity index (χ4v) is 3.08. The Morgan fingerprint density at radius 3 is 2.35 bits per heavy atom. The van der Waals surface area contributed by atoms with E-state index in [-0.39, 0.29) is 11.5 Å². The van der Waals surface area contributed by atoms with Gasteiger partial charge in [-0.05, 0) is 31.8 Å². The Balaban J connectivity index is 2.73. The third-order valence-electron chi connectivity index (χ3n) is 3.02. The predicted molar refractivity (Wildman–Crippen MR) is 90.1 cm³/mol. The Labute approximate surface area is 125 Å². The molecule has 1 nitrogen and oxygen atoms in total. The summed E-state index contributed by atoms with van der Waals surface area (Å²) in [6.45, 7) is 14.9. The lowest BCUT2D eigenvalue weighted by Crippen LogP contribution is -2.39.